The van der Waals surface area contributed by atoms with Crippen molar-refractivity contribution in [3.05, 3.63) is 30.1 Å². The van der Waals surface area contributed by atoms with Gasteiger partial charge in [0.05, 0.1) is 12.1 Å². The minimum absolute atomic E-state index is 0.0245. The van der Waals surface area contributed by atoms with E-state index in [-0.39, 0.29) is 18.0 Å². The van der Waals surface area contributed by atoms with E-state index in [1.807, 2.05) is 19.1 Å². The molecule has 2 heterocycles. The van der Waals surface area contributed by atoms with E-state index in [0.29, 0.717) is 5.92 Å². The van der Waals surface area contributed by atoms with Crippen LogP contribution in [0.15, 0.2) is 24.5 Å². The zero-order valence-corrected chi connectivity index (χ0v) is 11.0. The van der Waals surface area contributed by atoms with Crippen LogP contribution in [0.3, 0.4) is 0 Å². The fraction of sp³-hybridized carbons (Fsp3) is 0.571. The zero-order chi connectivity index (χ0) is 13.0. The summed E-state index contributed by atoms with van der Waals surface area (Å²) in [6.07, 6.45) is 5.78. The summed E-state index contributed by atoms with van der Waals surface area (Å²) in [5.41, 5.74) is 1.09. The third kappa shape index (κ3) is 3.07. The number of carbonyl (C=O) groups is 1. The Morgan fingerprint density at radius 1 is 1.50 bits per heavy atom. The highest BCUT2D eigenvalue weighted by atomic mass is 16.2. The Morgan fingerprint density at radius 2 is 2.22 bits per heavy atom. The van der Waals surface area contributed by atoms with Crippen LogP contribution in [-0.2, 0) is 4.79 Å². The van der Waals surface area contributed by atoms with E-state index < -0.39 is 0 Å². The second-order valence-corrected chi connectivity index (χ2v) is 5.06. The van der Waals surface area contributed by atoms with Crippen LogP contribution in [0.25, 0.3) is 0 Å². The van der Waals surface area contributed by atoms with E-state index in [1.165, 1.54) is 0 Å². The van der Waals surface area contributed by atoms with Gasteiger partial charge in [-0.25, -0.2) is 0 Å². The molecule has 2 N–H and O–H groups in total. The fourth-order valence-electron chi connectivity index (χ4n) is 2.44. The van der Waals surface area contributed by atoms with Crippen molar-refractivity contribution in [2.45, 2.75) is 38.8 Å². The number of pyridine rings is 1. The molecular formula is C14H21N3O. The third-order valence-corrected chi connectivity index (χ3v) is 3.62. The predicted octanol–water partition coefficient (Wildman–Crippen LogP) is 1.65. The van der Waals surface area contributed by atoms with E-state index in [2.05, 4.69) is 22.5 Å². The molecule has 1 aromatic heterocycles. The number of rotatable bonds is 3. The summed E-state index contributed by atoms with van der Waals surface area (Å²) in [7, 11) is 0. The van der Waals surface area contributed by atoms with Gasteiger partial charge in [0.15, 0.2) is 0 Å². The maximum atomic E-state index is 12.2. The molecule has 98 valence electrons. The van der Waals surface area contributed by atoms with Crippen molar-refractivity contribution < 1.29 is 4.79 Å². The molecule has 2 unspecified atom stereocenters. The maximum Gasteiger partial charge on any atom is 0.237 e. The number of carbonyl (C=O) groups excluding carboxylic acids is 1. The lowest BCUT2D eigenvalue weighted by atomic mass is 9.92. The first-order chi connectivity index (χ1) is 8.68. The first-order valence-electron chi connectivity index (χ1n) is 6.62. The predicted molar refractivity (Wildman–Crippen MR) is 71.0 cm³/mol. The number of amides is 1. The second-order valence-electron chi connectivity index (χ2n) is 5.06. The summed E-state index contributed by atoms with van der Waals surface area (Å²) in [4.78, 5) is 16.2. The van der Waals surface area contributed by atoms with Gasteiger partial charge < -0.3 is 10.6 Å². The monoisotopic (exact) mass is 247 g/mol. The standard InChI is InChI=1S/C14H21N3O/c1-10-4-3-7-16-13(10)14(18)17-11(2)12-5-8-15-9-6-12/h5-6,8-11,13,16H,3-4,7H2,1-2H3,(H,17,18)/t10?,11-,13?/m0/s1. The van der Waals surface area contributed by atoms with Gasteiger partial charge in [0.2, 0.25) is 5.91 Å². The molecule has 0 saturated carbocycles. The lowest BCUT2D eigenvalue weighted by Crippen LogP contribution is -2.51. The van der Waals surface area contributed by atoms with Gasteiger partial charge in [0.25, 0.3) is 0 Å². The summed E-state index contributed by atoms with van der Waals surface area (Å²) in [6, 6.07) is 3.84. The molecule has 2 rings (SSSR count). The minimum atomic E-state index is -0.0527. The molecule has 0 bridgehead atoms. The topological polar surface area (TPSA) is 54.0 Å². The molecule has 3 atom stereocenters. The molecule has 0 spiro atoms. The lowest BCUT2D eigenvalue weighted by Gasteiger charge is -2.30. The second kappa shape index (κ2) is 5.96. The van der Waals surface area contributed by atoms with Gasteiger partial charge >= 0.3 is 0 Å². The number of aromatic nitrogens is 1. The number of piperidine rings is 1. The average molecular weight is 247 g/mol. The Bertz CT molecular complexity index is 393. The van der Waals surface area contributed by atoms with Gasteiger partial charge in [-0.1, -0.05) is 6.92 Å². The van der Waals surface area contributed by atoms with Crippen LogP contribution < -0.4 is 10.6 Å². The molecule has 4 nitrogen and oxygen atoms in total. The van der Waals surface area contributed by atoms with Crippen LogP contribution in [-0.4, -0.2) is 23.5 Å². The van der Waals surface area contributed by atoms with E-state index >= 15 is 0 Å². The highest BCUT2D eigenvalue weighted by Crippen LogP contribution is 2.17. The molecule has 18 heavy (non-hydrogen) atoms. The number of hydrogen-bond donors (Lipinski definition) is 2. The highest BCUT2D eigenvalue weighted by Gasteiger charge is 2.28. The Hall–Kier alpha value is -1.42. The van der Waals surface area contributed by atoms with Crippen molar-refractivity contribution in [1.82, 2.24) is 15.6 Å². The normalized spacial score (nSPS) is 25.4. The van der Waals surface area contributed by atoms with Gasteiger partial charge in [-0.15, -0.1) is 0 Å². The van der Waals surface area contributed by atoms with Gasteiger partial charge in [0.1, 0.15) is 0 Å². The Kier molecular flexibility index (Phi) is 4.31. The molecule has 1 fully saturated rings. The molecule has 4 heteroatoms. The summed E-state index contributed by atoms with van der Waals surface area (Å²) < 4.78 is 0. The minimum Gasteiger partial charge on any atom is -0.348 e. The van der Waals surface area contributed by atoms with Crippen molar-refractivity contribution in [2.24, 2.45) is 5.92 Å². The molecule has 0 aromatic carbocycles. The third-order valence-electron chi connectivity index (χ3n) is 3.62. The van der Waals surface area contributed by atoms with Crippen molar-refractivity contribution >= 4 is 5.91 Å². The zero-order valence-electron chi connectivity index (χ0n) is 11.0. The first kappa shape index (κ1) is 13.0. The van der Waals surface area contributed by atoms with Crippen LogP contribution in [0.4, 0.5) is 0 Å². The molecule has 0 aliphatic carbocycles. The molecule has 1 aliphatic heterocycles. The maximum absolute atomic E-state index is 12.2. The van der Waals surface area contributed by atoms with Crippen LogP contribution >= 0.6 is 0 Å². The van der Waals surface area contributed by atoms with Crippen molar-refractivity contribution in [3.63, 3.8) is 0 Å². The van der Waals surface area contributed by atoms with Crippen molar-refractivity contribution in [2.75, 3.05) is 6.54 Å². The smallest absolute Gasteiger partial charge is 0.237 e. The molecule has 1 amide bonds. The SMILES string of the molecule is CC1CCCNC1C(=O)N[C@@H](C)c1ccncc1. The van der Waals surface area contributed by atoms with E-state index in [1.54, 1.807) is 12.4 Å². The fourth-order valence-corrected chi connectivity index (χ4v) is 2.44. The van der Waals surface area contributed by atoms with Gasteiger partial charge in [-0.3, -0.25) is 9.78 Å². The van der Waals surface area contributed by atoms with E-state index in [0.717, 1.165) is 24.9 Å². The van der Waals surface area contributed by atoms with Crippen LogP contribution in [0, 0.1) is 5.92 Å². The van der Waals surface area contributed by atoms with E-state index in [4.69, 9.17) is 0 Å². The van der Waals surface area contributed by atoms with Crippen LogP contribution in [0.5, 0.6) is 0 Å². The van der Waals surface area contributed by atoms with Gasteiger partial charge in [-0.2, -0.15) is 0 Å². The molecule has 1 aromatic rings. The Morgan fingerprint density at radius 3 is 2.89 bits per heavy atom. The molecular weight excluding hydrogens is 226 g/mol. The largest absolute Gasteiger partial charge is 0.348 e. The van der Waals surface area contributed by atoms with Gasteiger partial charge in [-0.05, 0) is 49.9 Å². The van der Waals surface area contributed by atoms with Crippen molar-refractivity contribution in [1.29, 1.82) is 0 Å². The summed E-state index contributed by atoms with van der Waals surface area (Å²) in [5, 5.41) is 6.37. The quantitative estimate of drug-likeness (QED) is 0.854. The average Bonchev–Trinajstić information content (AvgIpc) is 2.40. The van der Waals surface area contributed by atoms with Gasteiger partial charge in [0, 0.05) is 12.4 Å². The summed E-state index contributed by atoms with van der Waals surface area (Å²) in [5.74, 6) is 0.509. The molecule has 0 radical (unpaired) electrons. The summed E-state index contributed by atoms with van der Waals surface area (Å²) in [6.45, 7) is 5.07. The Labute approximate surface area is 108 Å². The van der Waals surface area contributed by atoms with Crippen LogP contribution in [0.1, 0.15) is 38.3 Å². The highest BCUT2D eigenvalue weighted by molar-refractivity contribution is 5.82. The Balaban J connectivity index is 1.94. The molecule has 1 saturated heterocycles. The molecule has 1 aliphatic rings. The number of hydrogen-bond acceptors (Lipinski definition) is 3. The van der Waals surface area contributed by atoms with E-state index in [9.17, 15) is 4.79 Å². The van der Waals surface area contributed by atoms with Crippen LogP contribution in [0.2, 0.25) is 0 Å². The van der Waals surface area contributed by atoms with Crippen molar-refractivity contribution in [3.8, 4) is 0 Å². The lowest BCUT2D eigenvalue weighted by molar-refractivity contribution is -0.125. The summed E-state index contributed by atoms with van der Waals surface area (Å²) >= 11 is 0. The first-order valence-corrected chi connectivity index (χ1v) is 6.62. The number of nitrogens with one attached hydrogen (secondary N) is 2. The number of nitrogens with zero attached hydrogens (tertiary/aromatic N) is 1.